The molecule has 0 aliphatic carbocycles. The van der Waals surface area contributed by atoms with Crippen LogP contribution >= 0.6 is 0 Å². The first-order chi connectivity index (χ1) is 11.1. The Morgan fingerprint density at radius 3 is 2.52 bits per heavy atom. The van der Waals surface area contributed by atoms with Crippen molar-refractivity contribution in [3.05, 3.63) is 47.9 Å². The molecule has 122 valence electrons. The highest BCUT2D eigenvalue weighted by atomic mass is 16.1. The van der Waals surface area contributed by atoms with E-state index < -0.39 is 0 Å². The van der Waals surface area contributed by atoms with Crippen molar-refractivity contribution < 1.29 is 4.79 Å². The number of amides is 1. The number of anilines is 1. The molecule has 0 aliphatic rings. The molecule has 0 atom stereocenters. The lowest BCUT2D eigenvalue weighted by atomic mass is 10.2. The molecule has 1 N–H and O–H groups in total. The van der Waals surface area contributed by atoms with Crippen molar-refractivity contribution in [2.45, 2.75) is 20.3 Å². The minimum atomic E-state index is -0.183. The van der Waals surface area contributed by atoms with Crippen LogP contribution in [0.15, 0.2) is 36.7 Å². The number of pyridine rings is 1. The highest BCUT2D eigenvalue weighted by Crippen LogP contribution is 2.09. The first kappa shape index (κ1) is 16.9. The van der Waals surface area contributed by atoms with E-state index in [-0.39, 0.29) is 5.91 Å². The maximum atomic E-state index is 11.9. The topological polar surface area (TPSA) is 71.0 Å². The summed E-state index contributed by atoms with van der Waals surface area (Å²) in [5, 5.41) is 11.0. The summed E-state index contributed by atoms with van der Waals surface area (Å²) in [5.74, 6) is 0.974. The minimum Gasteiger partial charge on any atom is -0.358 e. The van der Waals surface area contributed by atoms with Crippen LogP contribution in [0.3, 0.4) is 0 Å². The van der Waals surface area contributed by atoms with E-state index in [1.165, 1.54) is 5.56 Å². The number of carbonyl (C=O) groups excluding carboxylic acids is 1. The van der Waals surface area contributed by atoms with Crippen LogP contribution in [0.25, 0.3) is 0 Å². The van der Waals surface area contributed by atoms with Crippen LogP contribution in [0.2, 0.25) is 0 Å². The summed E-state index contributed by atoms with van der Waals surface area (Å²) in [6.07, 6.45) is 4.48. The molecular formula is C17H23N5O. The number of likely N-dealkylation sites (N-methyl/N-ethyl adjacent to an activating group) is 1. The van der Waals surface area contributed by atoms with Crippen LogP contribution in [0, 0.1) is 5.92 Å². The standard InChI is InChI=1S/C17H23N5O/c1-13(2)12-19-17(23)15-4-5-16(21-20-15)22(3)11-8-14-6-9-18-10-7-14/h4-7,9-10,13H,8,11-12H2,1-3H3,(H,19,23). The first-order valence-corrected chi connectivity index (χ1v) is 7.78. The molecule has 0 unspecified atom stereocenters. The summed E-state index contributed by atoms with van der Waals surface area (Å²) >= 11 is 0. The summed E-state index contributed by atoms with van der Waals surface area (Å²) in [5.41, 5.74) is 1.57. The Bertz CT molecular complexity index is 613. The number of carbonyl (C=O) groups is 1. The van der Waals surface area contributed by atoms with Crippen LogP contribution in [0.4, 0.5) is 5.82 Å². The smallest absolute Gasteiger partial charge is 0.271 e. The number of hydrogen-bond acceptors (Lipinski definition) is 5. The number of nitrogens with zero attached hydrogens (tertiary/aromatic N) is 4. The molecule has 0 fully saturated rings. The average molecular weight is 313 g/mol. The highest BCUT2D eigenvalue weighted by molar-refractivity contribution is 5.92. The molecule has 2 heterocycles. The van der Waals surface area contributed by atoms with Crippen molar-refractivity contribution in [3.63, 3.8) is 0 Å². The van der Waals surface area contributed by atoms with E-state index in [0.717, 1.165) is 18.8 Å². The average Bonchev–Trinajstić information content (AvgIpc) is 2.58. The van der Waals surface area contributed by atoms with Crippen LogP contribution in [0.5, 0.6) is 0 Å². The number of aromatic nitrogens is 3. The zero-order chi connectivity index (χ0) is 16.7. The lowest BCUT2D eigenvalue weighted by Crippen LogP contribution is -2.28. The second-order valence-corrected chi connectivity index (χ2v) is 5.91. The van der Waals surface area contributed by atoms with Gasteiger partial charge in [0.05, 0.1) is 0 Å². The molecule has 2 aromatic rings. The van der Waals surface area contributed by atoms with Crippen molar-refractivity contribution >= 4 is 11.7 Å². The van der Waals surface area contributed by atoms with Gasteiger partial charge in [0.15, 0.2) is 11.5 Å². The predicted octanol–water partition coefficient (Wildman–Crippen LogP) is 1.94. The van der Waals surface area contributed by atoms with Gasteiger partial charge in [0, 0.05) is 32.5 Å². The fraction of sp³-hybridized carbons (Fsp3) is 0.412. The van der Waals surface area contributed by atoms with Crippen molar-refractivity contribution in [1.29, 1.82) is 0 Å². The molecule has 0 aromatic carbocycles. The lowest BCUT2D eigenvalue weighted by Gasteiger charge is -2.17. The van der Waals surface area contributed by atoms with Gasteiger partial charge < -0.3 is 10.2 Å². The Kier molecular flexibility index (Phi) is 6.02. The van der Waals surface area contributed by atoms with Crippen molar-refractivity contribution in [2.75, 3.05) is 25.0 Å². The summed E-state index contributed by atoms with van der Waals surface area (Å²) in [6.45, 7) is 5.55. The Morgan fingerprint density at radius 1 is 1.17 bits per heavy atom. The molecule has 0 saturated heterocycles. The number of rotatable bonds is 7. The van der Waals surface area contributed by atoms with E-state index in [2.05, 4.69) is 20.5 Å². The minimum absolute atomic E-state index is 0.183. The van der Waals surface area contributed by atoms with Crippen molar-refractivity contribution in [1.82, 2.24) is 20.5 Å². The van der Waals surface area contributed by atoms with Gasteiger partial charge in [-0.3, -0.25) is 9.78 Å². The van der Waals surface area contributed by atoms with Gasteiger partial charge in [-0.1, -0.05) is 13.8 Å². The third kappa shape index (κ3) is 5.32. The number of nitrogens with one attached hydrogen (secondary N) is 1. The molecule has 6 nitrogen and oxygen atoms in total. The second kappa shape index (κ2) is 8.22. The predicted molar refractivity (Wildman–Crippen MR) is 90.4 cm³/mol. The molecule has 23 heavy (non-hydrogen) atoms. The Balaban J connectivity index is 1.89. The highest BCUT2D eigenvalue weighted by Gasteiger charge is 2.10. The van der Waals surface area contributed by atoms with Gasteiger partial charge in [0.1, 0.15) is 0 Å². The van der Waals surface area contributed by atoms with Crippen LogP contribution in [0.1, 0.15) is 29.9 Å². The zero-order valence-corrected chi connectivity index (χ0v) is 13.9. The van der Waals surface area contributed by atoms with E-state index >= 15 is 0 Å². The van der Waals surface area contributed by atoms with Crippen LogP contribution < -0.4 is 10.2 Å². The Morgan fingerprint density at radius 2 is 1.91 bits per heavy atom. The fourth-order valence-corrected chi connectivity index (χ4v) is 2.00. The second-order valence-electron chi connectivity index (χ2n) is 5.91. The third-order valence-corrected chi connectivity index (χ3v) is 3.43. The molecule has 6 heteroatoms. The van der Waals surface area contributed by atoms with E-state index in [1.54, 1.807) is 18.5 Å². The molecular weight excluding hydrogens is 290 g/mol. The van der Waals surface area contributed by atoms with Gasteiger partial charge in [0.2, 0.25) is 0 Å². The molecule has 0 aliphatic heterocycles. The van der Waals surface area contributed by atoms with Crippen molar-refractivity contribution in [3.8, 4) is 0 Å². The monoisotopic (exact) mass is 313 g/mol. The summed E-state index contributed by atoms with van der Waals surface area (Å²) in [6, 6.07) is 7.54. The van der Waals surface area contributed by atoms with Gasteiger partial charge in [-0.25, -0.2) is 0 Å². The molecule has 0 spiro atoms. The zero-order valence-electron chi connectivity index (χ0n) is 13.9. The summed E-state index contributed by atoms with van der Waals surface area (Å²) in [4.78, 5) is 17.9. The maximum absolute atomic E-state index is 11.9. The summed E-state index contributed by atoms with van der Waals surface area (Å²) in [7, 11) is 1.96. The first-order valence-electron chi connectivity index (χ1n) is 7.78. The Labute approximate surface area is 137 Å². The quantitative estimate of drug-likeness (QED) is 0.846. The van der Waals surface area contributed by atoms with Crippen LogP contribution in [-0.2, 0) is 6.42 Å². The van der Waals surface area contributed by atoms with Gasteiger partial charge in [-0.15, -0.1) is 10.2 Å². The van der Waals surface area contributed by atoms with E-state index in [0.29, 0.717) is 18.2 Å². The molecule has 1 amide bonds. The Hall–Kier alpha value is -2.50. The van der Waals surface area contributed by atoms with Gasteiger partial charge >= 0.3 is 0 Å². The molecule has 0 saturated carbocycles. The van der Waals surface area contributed by atoms with Crippen molar-refractivity contribution in [2.24, 2.45) is 5.92 Å². The van der Waals surface area contributed by atoms with Crippen LogP contribution in [-0.4, -0.2) is 41.2 Å². The van der Waals surface area contributed by atoms with Gasteiger partial charge in [-0.05, 0) is 42.2 Å². The van der Waals surface area contributed by atoms with Gasteiger partial charge in [-0.2, -0.15) is 0 Å². The summed E-state index contributed by atoms with van der Waals surface area (Å²) < 4.78 is 0. The van der Waals surface area contributed by atoms with Gasteiger partial charge in [0.25, 0.3) is 5.91 Å². The lowest BCUT2D eigenvalue weighted by molar-refractivity contribution is 0.0943. The largest absolute Gasteiger partial charge is 0.358 e. The maximum Gasteiger partial charge on any atom is 0.271 e. The molecule has 0 radical (unpaired) electrons. The fourth-order valence-electron chi connectivity index (χ4n) is 2.00. The van der Waals surface area contributed by atoms with E-state index in [9.17, 15) is 4.79 Å². The molecule has 2 rings (SSSR count). The molecule has 0 bridgehead atoms. The SMILES string of the molecule is CC(C)CNC(=O)c1ccc(N(C)CCc2ccncc2)nn1. The van der Waals surface area contributed by atoms with E-state index in [4.69, 9.17) is 0 Å². The number of hydrogen-bond donors (Lipinski definition) is 1. The molecule has 2 aromatic heterocycles. The normalized spacial score (nSPS) is 10.6. The van der Waals surface area contributed by atoms with E-state index in [1.807, 2.05) is 44.0 Å². The third-order valence-electron chi connectivity index (χ3n) is 3.43.